The summed E-state index contributed by atoms with van der Waals surface area (Å²) in [6, 6.07) is 10.9. The number of aromatic nitrogens is 2. The zero-order valence-electron chi connectivity index (χ0n) is 16.0. The summed E-state index contributed by atoms with van der Waals surface area (Å²) in [5.41, 5.74) is 1.89. The van der Waals surface area contributed by atoms with E-state index < -0.39 is 0 Å². The van der Waals surface area contributed by atoms with Crippen molar-refractivity contribution in [2.24, 2.45) is 0 Å². The number of H-pyrrole nitrogens is 1. The number of nitrogens with zero attached hydrogens (tertiary/aromatic N) is 3. The topological polar surface area (TPSA) is 78.5 Å². The lowest BCUT2D eigenvalue weighted by Gasteiger charge is -2.35. The first-order valence-electron chi connectivity index (χ1n) is 9.51. The first kappa shape index (κ1) is 19.3. The van der Waals surface area contributed by atoms with E-state index in [0.717, 1.165) is 16.7 Å². The molecule has 1 aliphatic rings. The molecule has 8 heteroatoms. The van der Waals surface area contributed by atoms with Crippen LogP contribution in [0, 0.1) is 0 Å². The molecule has 29 heavy (non-hydrogen) atoms. The zero-order valence-corrected chi connectivity index (χ0v) is 16.8. The summed E-state index contributed by atoms with van der Waals surface area (Å²) in [7, 11) is 0. The van der Waals surface area contributed by atoms with E-state index in [1.807, 2.05) is 29.2 Å². The van der Waals surface area contributed by atoms with Crippen molar-refractivity contribution in [1.82, 2.24) is 14.9 Å². The second-order valence-corrected chi connectivity index (χ2v) is 7.26. The normalized spacial score (nSPS) is 14.3. The largest absolute Gasteiger partial charge is 0.462 e. The summed E-state index contributed by atoms with van der Waals surface area (Å²) in [5.74, 6) is 0.384. The molecular formula is C21H21ClN4O3. The highest BCUT2D eigenvalue weighted by Crippen LogP contribution is 2.22. The first-order chi connectivity index (χ1) is 14.0. The number of piperazine rings is 1. The molecule has 0 spiro atoms. The van der Waals surface area contributed by atoms with E-state index in [4.69, 9.17) is 16.3 Å². The summed E-state index contributed by atoms with van der Waals surface area (Å²) in [6.07, 6.45) is 1.53. The van der Waals surface area contributed by atoms with Gasteiger partial charge >= 0.3 is 5.97 Å². The van der Waals surface area contributed by atoms with Crippen molar-refractivity contribution in [3.63, 3.8) is 0 Å². The van der Waals surface area contributed by atoms with Crippen LogP contribution in [0.15, 0.2) is 42.6 Å². The van der Waals surface area contributed by atoms with Crippen molar-refractivity contribution < 1.29 is 14.3 Å². The molecule has 1 fully saturated rings. The summed E-state index contributed by atoms with van der Waals surface area (Å²) in [4.78, 5) is 36.1. The molecule has 3 aromatic rings. The van der Waals surface area contributed by atoms with E-state index >= 15 is 0 Å². The minimum atomic E-state index is -0.374. The molecular weight excluding hydrogens is 392 g/mol. The lowest BCUT2D eigenvalue weighted by Crippen LogP contribution is -2.49. The number of nitrogens with one attached hydrogen (secondary N) is 1. The van der Waals surface area contributed by atoms with Crippen LogP contribution in [0.3, 0.4) is 0 Å². The number of benzene rings is 1. The van der Waals surface area contributed by atoms with Gasteiger partial charge in [-0.15, -0.1) is 0 Å². The van der Waals surface area contributed by atoms with Gasteiger partial charge in [0.1, 0.15) is 11.5 Å². The van der Waals surface area contributed by atoms with E-state index in [0.29, 0.717) is 49.1 Å². The molecule has 0 radical (unpaired) electrons. The maximum absolute atomic E-state index is 12.9. The molecule has 0 aliphatic carbocycles. The van der Waals surface area contributed by atoms with Crippen molar-refractivity contribution in [3.8, 4) is 0 Å². The summed E-state index contributed by atoms with van der Waals surface area (Å²) < 4.78 is 4.98. The molecule has 0 atom stereocenters. The average molecular weight is 413 g/mol. The maximum Gasteiger partial charge on any atom is 0.339 e. The Morgan fingerprint density at radius 2 is 1.93 bits per heavy atom. The number of hydrogen-bond acceptors (Lipinski definition) is 5. The predicted octanol–water partition coefficient (Wildman–Crippen LogP) is 3.36. The quantitative estimate of drug-likeness (QED) is 0.665. The van der Waals surface area contributed by atoms with Gasteiger partial charge in [0.2, 0.25) is 0 Å². The molecule has 1 aliphatic heterocycles. The molecule has 150 valence electrons. The van der Waals surface area contributed by atoms with E-state index in [-0.39, 0.29) is 11.9 Å². The molecule has 0 unspecified atom stereocenters. The van der Waals surface area contributed by atoms with Crippen molar-refractivity contribution >= 4 is 40.2 Å². The van der Waals surface area contributed by atoms with E-state index in [2.05, 4.69) is 14.9 Å². The molecule has 1 aromatic carbocycles. The number of anilines is 1. The van der Waals surface area contributed by atoms with Gasteiger partial charge in [-0.05, 0) is 43.3 Å². The predicted molar refractivity (Wildman–Crippen MR) is 112 cm³/mol. The highest BCUT2D eigenvalue weighted by atomic mass is 35.5. The summed E-state index contributed by atoms with van der Waals surface area (Å²) in [5, 5.41) is 1.57. The van der Waals surface area contributed by atoms with Crippen LogP contribution >= 0.6 is 11.6 Å². The van der Waals surface area contributed by atoms with Gasteiger partial charge in [-0.25, -0.2) is 9.78 Å². The molecule has 3 heterocycles. The lowest BCUT2D eigenvalue weighted by molar-refractivity contribution is 0.0525. The number of ether oxygens (including phenoxy) is 1. The number of rotatable bonds is 4. The van der Waals surface area contributed by atoms with Crippen molar-refractivity contribution in [2.45, 2.75) is 6.92 Å². The number of pyridine rings is 1. The SMILES string of the molecule is CCOC(=O)c1ccc(N2CCN(C(=O)c3cc4cc(Cl)ccc4[nH]3)CC2)nc1. The van der Waals surface area contributed by atoms with E-state index in [1.54, 1.807) is 19.1 Å². The molecule has 1 amide bonds. The Hall–Kier alpha value is -3.06. The molecule has 1 saturated heterocycles. The molecule has 7 nitrogen and oxygen atoms in total. The third kappa shape index (κ3) is 4.05. The Labute approximate surface area is 173 Å². The van der Waals surface area contributed by atoms with Gasteiger partial charge in [0.15, 0.2) is 0 Å². The van der Waals surface area contributed by atoms with Gasteiger partial charge in [0.25, 0.3) is 5.91 Å². The summed E-state index contributed by atoms with van der Waals surface area (Å²) >= 11 is 6.03. The van der Waals surface area contributed by atoms with Crippen molar-refractivity contribution in [2.75, 3.05) is 37.7 Å². The maximum atomic E-state index is 12.9. The fraction of sp³-hybridized carbons (Fsp3) is 0.286. The van der Waals surface area contributed by atoms with Crippen molar-refractivity contribution in [3.05, 3.63) is 58.9 Å². The van der Waals surface area contributed by atoms with Crippen molar-refractivity contribution in [1.29, 1.82) is 0 Å². The standard InChI is InChI=1S/C21H21ClN4O3/c1-2-29-21(28)14-3-6-19(23-13-14)25-7-9-26(10-8-25)20(27)18-12-15-11-16(22)4-5-17(15)24-18/h3-6,11-13,24H,2,7-10H2,1H3. The van der Waals surface area contributed by atoms with Crippen LogP contribution in [0.4, 0.5) is 5.82 Å². The second-order valence-electron chi connectivity index (χ2n) is 6.82. The number of amides is 1. The minimum Gasteiger partial charge on any atom is -0.462 e. The van der Waals surface area contributed by atoms with Crippen LogP contribution in [-0.2, 0) is 4.74 Å². The molecule has 0 saturated carbocycles. The van der Waals surface area contributed by atoms with Crippen LogP contribution in [0.1, 0.15) is 27.8 Å². The van der Waals surface area contributed by atoms with Gasteiger partial charge < -0.3 is 19.5 Å². The average Bonchev–Trinajstić information content (AvgIpc) is 3.17. The number of esters is 1. The number of halogens is 1. The minimum absolute atomic E-state index is 0.0254. The van der Waals surface area contributed by atoms with Gasteiger partial charge in [-0.1, -0.05) is 11.6 Å². The number of carbonyl (C=O) groups excluding carboxylic acids is 2. The van der Waals surface area contributed by atoms with Gasteiger partial charge in [0, 0.05) is 48.3 Å². The molecule has 2 aromatic heterocycles. The summed E-state index contributed by atoms with van der Waals surface area (Å²) in [6.45, 7) is 4.63. The number of carbonyl (C=O) groups is 2. The van der Waals surface area contributed by atoms with Gasteiger partial charge in [0.05, 0.1) is 12.2 Å². The van der Waals surface area contributed by atoms with Crippen LogP contribution in [0.2, 0.25) is 5.02 Å². The molecule has 4 rings (SSSR count). The van der Waals surface area contributed by atoms with Gasteiger partial charge in [-0.2, -0.15) is 0 Å². The van der Waals surface area contributed by atoms with Gasteiger partial charge in [-0.3, -0.25) is 4.79 Å². The Balaban J connectivity index is 1.39. The van der Waals surface area contributed by atoms with E-state index in [1.165, 1.54) is 6.20 Å². The fourth-order valence-electron chi connectivity index (χ4n) is 3.44. The van der Waals surface area contributed by atoms with Crippen LogP contribution in [-0.4, -0.2) is 59.5 Å². The molecule has 1 N–H and O–H groups in total. The van der Waals surface area contributed by atoms with Crippen LogP contribution in [0.5, 0.6) is 0 Å². The number of aromatic amines is 1. The Bertz CT molecular complexity index is 1040. The Kier molecular flexibility index (Phi) is 5.40. The number of hydrogen-bond donors (Lipinski definition) is 1. The van der Waals surface area contributed by atoms with Crippen LogP contribution in [0.25, 0.3) is 10.9 Å². The van der Waals surface area contributed by atoms with E-state index in [9.17, 15) is 9.59 Å². The monoisotopic (exact) mass is 412 g/mol. The smallest absolute Gasteiger partial charge is 0.339 e. The van der Waals surface area contributed by atoms with Crippen LogP contribution < -0.4 is 4.90 Å². The number of fused-ring (bicyclic) bond motifs is 1. The third-order valence-corrected chi connectivity index (χ3v) is 5.20. The molecule has 0 bridgehead atoms. The first-order valence-corrected chi connectivity index (χ1v) is 9.88. The second kappa shape index (κ2) is 8.13. The lowest BCUT2D eigenvalue weighted by atomic mass is 10.2. The highest BCUT2D eigenvalue weighted by Gasteiger charge is 2.24. The fourth-order valence-corrected chi connectivity index (χ4v) is 3.62. The third-order valence-electron chi connectivity index (χ3n) is 4.96. The highest BCUT2D eigenvalue weighted by molar-refractivity contribution is 6.31. The Morgan fingerprint density at radius 1 is 1.14 bits per heavy atom. The zero-order chi connectivity index (χ0) is 20.4. The Morgan fingerprint density at radius 3 is 2.62 bits per heavy atom.